The average molecular weight is 362 g/mol. The van der Waals surface area contributed by atoms with E-state index in [1.54, 1.807) is 48.4 Å². The Kier molecular flexibility index (Phi) is 4.91. The molecule has 0 saturated carbocycles. The fraction of sp³-hybridized carbons (Fsp3) is 0.294. The molecule has 1 aromatic carbocycles. The summed E-state index contributed by atoms with van der Waals surface area (Å²) in [5.74, 6) is 0.871. The van der Waals surface area contributed by atoms with Gasteiger partial charge in [-0.05, 0) is 29.3 Å². The van der Waals surface area contributed by atoms with Gasteiger partial charge >= 0.3 is 0 Å². The van der Waals surface area contributed by atoms with Crippen molar-refractivity contribution < 1.29 is 13.2 Å². The molecule has 0 bridgehead atoms. The normalized spacial score (nSPS) is 18.6. The fourth-order valence-electron chi connectivity index (χ4n) is 2.64. The Labute approximate surface area is 146 Å². The van der Waals surface area contributed by atoms with Crippen molar-refractivity contribution in [2.75, 3.05) is 12.0 Å². The number of hydrogen-bond acceptors (Lipinski definition) is 5. The standard InChI is InChI=1S/C17H18N2O3S2/c1-24(21,22)15-6-4-14(5-7-15)17-19(16(20)8-10-23-17)12-13-3-2-9-18-11-13/h2-7,9,11,17H,8,10,12H2,1H3. The van der Waals surface area contributed by atoms with Gasteiger partial charge in [0.25, 0.3) is 0 Å². The molecule has 3 rings (SSSR count). The molecule has 7 heteroatoms. The van der Waals surface area contributed by atoms with Crippen LogP contribution in [0.15, 0.2) is 53.7 Å². The number of hydrogen-bond donors (Lipinski definition) is 0. The van der Waals surface area contributed by atoms with Crippen LogP contribution in [0, 0.1) is 0 Å². The maximum atomic E-state index is 12.4. The lowest BCUT2D eigenvalue weighted by Gasteiger charge is -2.35. The largest absolute Gasteiger partial charge is 0.322 e. The van der Waals surface area contributed by atoms with Crippen LogP contribution in [-0.4, -0.2) is 36.2 Å². The highest BCUT2D eigenvalue weighted by Gasteiger charge is 2.30. The highest BCUT2D eigenvalue weighted by atomic mass is 32.2. The number of benzene rings is 1. The molecule has 1 aliphatic heterocycles. The Hall–Kier alpha value is -1.86. The lowest BCUT2D eigenvalue weighted by molar-refractivity contribution is -0.132. The Balaban J connectivity index is 1.87. The third-order valence-corrected chi connectivity index (χ3v) is 6.27. The van der Waals surface area contributed by atoms with Crippen LogP contribution < -0.4 is 0 Å². The van der Waals surface area contributed by atoms with E-state index in [0.717, 1.165) is 16.9 Å². The first-order valence-electron chi connectivity index (χ1n) is 7.55. The second-order valence-corrected chi connectivity index (χ2v) is 8.90. The minimum atomic E-state index is -3.22. The van der Waals surface area contributed by atoms with E-state index in [-0.39, 0.29) is 16.2 Å². The molecule has 126 valence electrons. The lowest BCUT2D eigenvalue weighted by Crippen LogP contribution is -2.36. The van der Waals surface area contributed by atoms with Crippen LogP contribution in [0.25, 0.3) is 0 Å². The van der Waals surface area contributed by atoms with E-state index in [0.29, 0.717) is 13.0 Å². The van der Waals surface area contributed by atoms with Crippen molar-refractivity contribution in [1.29, 1.82) is 0 Å². The molecule has 1 aliphatic rings. The molecule has 1 fully saturated rings. The topological polar surface area (TPSA) is 67.3 Å². The van der Waals surface area contributed by atoms with Gasteiger partial charge in [0.15, 0.2) is 9.84 Å². The van der Waals surface area contributed by atoms with E-state index < -0.39 is 9.84 Å². The first-order valence-corrected chi connectivity index (χ1v) is 10.5. The van der Waals surface area contributed by atoms with Gasteiger partial charge in [0.1, 0.15) is 5.37 Å². The molecule has 0 spiro atoms. The predicted octanol–water partition coefficient (Wildman–Crippen LogP) is 2.65. The monoisotopic (exact) mass is 362 g/mol. The molecule has 1 atom stereocenters. The molecule has 0 N–H and O–H groups in total. The van der Waals surface area contributed by atoms with Crippen molar-refractivity contribution in [2.24, 2.45) is 0 Å². The third kappa shape index (κ3) is 3.79. The van der Waals surface area contributed by atoms with E-state index in [1.165, 1.54) is 6.26 Å². The maximum absolute atomic E-state index is 12.4. The van der Waals surface area contributed by atoms with Crippen LogP contribution in [-0.2, 0) is 21.2 Å². The van der Waals surface area contributed by atoms with Crippen LogP contribution in [0.2, 0.25) is 0 Å². The summed E-state index contributed by atoms with van der Waals surface area (Å²) in [6.45, 7) is 0.498. The molecule has 1 amide bonds. The molecule has 5 nitrogen and oxygen atoms in total. The summed E-state index contributed by atoms with van der Waals surface area (Å²) >= 11 is 1.70. The second kappa shape index (κ2) is 6.94. The van der Waals surface area contributed by atoms with Crippen molar-refractivity contribution in [3.63, 3.8) is 0 Å². The Morgan fingerprint density at radius 2 is 2.00 bits per heavy atom. The summed E-state index contributed by atoms with van der Waals surface area (Å²) in [5.41, 5.74) is 1.91. The van der Waals surface area contributed by atoms with Crippen molar-refractivity contribution in [3.05, 3.63) is 59.9 Å². The maximum Gasteiger partial charge on any atom is 0.224 e. The summed E-state index contributed by atoms with van der Waals surface area (Å²) in [6.07, 6.45) is 5.17. The minimum Gasteiger partial charge on any atom is -0.322 e. The second-order valence-electron chi connectivity index (χ2n) is 5.70. The molecule has 24 heavy (non-hydrogen) atoms. The quantitative estimate of drug-likeness (QED) is 0.836. The molecule has 0 radical (unpaired) electrons. The van der Waals surface area contributed by atoms with Gasteiger partial charge < -0.3 is 4.90 Å². The van der Waals surface area contributed by atoms with E-state index >= 15 is 0 Å². The van der Waals surface area contributed by atoms with Gasteiger partial charge in [-0.3, -0.25) is 9.78 Å². The van der Waals surface area contributed by atoms with Crippen LogP contribution in [0.4, 0.5) is 0 Å². The van der Waals surface area contributed by atoms with E-state index in [9.17, 15) is 13.2 Å². The van der Waals surface area contributed by atoms with Crippen molar-refractivity contribution in [1.82, 2.24) is 9.88 Å². The van der Waals surface area contributed by atoms with Crippen LogP contribution in [0.3, 0.4) is 0 Å². The van der Waals surface area contributed by atoms with Gasteiger partial charge in [0.2, 0.25) is 5.91 Å². The van der Waals surface area contributed by atoms with Crippen molar-refractivity contribution in [3.8, 4) is 0 Å². The first kappa shape index (κ1) is 17.0. The molecule has 0 aliphatic carbocycles. The zero-order valence-electron chi connectivity index (χ0n) is 13.3. The van der Waals surface area contributed by atoms with Gasteiger partial charge in [0.05, 0.1) is 4.90 Å². The fourth-order valence-corrected chi connectivity index (χ4v) is 4.51. The molecule has 1 aromatic heterocycles. The number of amides is 1. The molecule has 2 aromatic rings. The number of nitrogens with zero attached hydrogens (tertiary/aromatic N) is 2. The Morgan fingerprint density at radius 1 is 1.25 bits per heavy atom. The van der Waals surface area contributed by atoms with Gasteiger partial charge in [-0.1, -0.05) is 18.2 Å². The van der Waals surface area contributed by atoms with Crippen LogP contribution >= 0.6 is 11.8 Å². The highest BCUT2D eigenvalue weighted by Crippen LogP contribution is 2.38. The zero-order valence-corrected chi connectivity index (χ0v) is 14.9. The number of carbonyl (C=O) groups excluding carboxylic acids is 1. The third-order valence-electron chi connectivity index (χ3n) is 3.86. The van der Waals surface area contributed by atoms with Gasteiger partial charge in [-0.2, -0.15) is 0 Å². The average Bonchev–Trinajstić information content (AvgIpc) is 2.57. The number of pyridine rings is 1. The highest BCUT2D eigenvalue weighted by molar-refractivity contribution is 7.99. The van der Waals surface area contributed by atoms with Crippen molar-refractivity contribution in [2.45, 2.75) is 23.2 Å². The SMILES string of the molecule is CS(=O)(=O)c1ccc(C2SCCC(=O)N2Cc2cccnc2)cc1. The summed E-state index contributed by atoms with van der Waals surface area (Å²) in [6, 6.07) is 10.6. The molecule has 1 saturated heterocycles. The summed E-state index contributed by atoms with van der Waals surface area (Å²) in [7, 11) is -3.22. The van der Waals surface area contributed by atoms with Crippen molar-refractivity contribution >= 4 is 27.5 Å². The zero-order chi connectivity index (χ0) is 17.2. The molecular weight excluding hydrogens is 344 g/mol. The first-order chi connectivity index (χ1) is 11.4. The number of sulfone groups is 1. The minimum absolute atomic E-state index is 0.106. The van der Waals surface area contributed by atoms with Crippen LogP contribution in [0.1, 0.15) is 22.9 Å². The lowest BCUT2D eigenvalue weighted by atomic mass is 10.1. The van der Waals surface area contributed by atoms with E-state index in [1.807, 2.05) is 17.0 Å². The van der Waals surface area contributed by atoms with Gasteiger partial charge in [-0.25, -0.2) is 8.42 Å². The predicted molar refractivity (Wildman–Crippen MR) is 94.2 cm³/mol. The number of rotatable bonds is 4. The number of thioether (sulfide) groups is 1. The molecular formula is C17H18N2O3S2. The van der Waals surface area contributed by atoms with Crippen LogP contribution in [0.5, 0.6) is 0 Å². The summed E-state index contributed by atoms with van der Waals surface area (Å²) < 4.78 is 23.2. The number of carbonyl (C=O) groups is 1. The van der Waals surface area contributed by atoms with E-state index in [2.05, 4.69) is 4.98 Å². The van der Waals surface area contributed by atoms with E-state index in [4.69, 9.17) is 0 Å². The summed E-state index contributed by atoms with van der Waals surface area (Å²) in [5, 5.41) is -0.111. The molecule has 2 heterocycles. The van der Waals surface area contributed by atoms with Gasteiger partial charge in [0, 0.05) is 37.4 Å². The molecule has 1 unspecified atom stereocenters. The Bertz CT molecular complexity index is 821. The van der Waals surface area contributed by atoms with Gasteiger partial charge in [-0.15, -0.1) is 11.8 Å². The summed E-state index contributed by atoms with van der Waals surface area (Å²) in [4.78, 5) is 18.6. The smallest absolute Gasteiger partial charge is 0.224 e. The number of aromatic nitrogens is 1. The Morgan fingerprint density at radius 3 is 2.62 bits per heavy atom.